The SMILES string of the molecule is Cc1[nH]c(Cc2c(Br)cc(Br)cc2Br)nc1-c1ccc(Br)cc1. The highest BCUT2D eigenvalue weighted by molar-refractivity contribution is 9.11. The molecule has 0 saturated heterocycles. The first-order chi connectivity index (χ1) is 10.9. The molecule has 0 amide bonds. The summed E-state index contributed by atoms with van der Waals surface area (Å²) >= 11 is 14.2. The number of halogens is 4. The first-order valence-electron chi connectivity index (χ1n) is 6.89. The average molecular weight is 564 g/mol. The number of benzene rings is 2. The molecule has 118 valence electrons. The van der Waals surface area contributed by atoms with E-state index in [9.17, 15) is 0 Å². The maximum Gasteiger partial charge on any atom is 0.111 e. The second-order valence-electron chi connectivity index (χ2n) is 5.19. The molecule has 0 fully saturated rings. The Balaban J connectivity index is 1.94. The number of imidazole rings is 1. The smallest absolute Gasteiger partial charge is 0.111 e. The second-order valence-corrected chi connectivity index (χ2v) is 8.73. The molecule has 3 rings (SSSR count). The highest BCUT2D eigenvalue weighted by Gasteiger charge is 2.13. The zero-order chi connectivity index (χ0) is 16.6. The Morgan fingerprint density at radius 1 is 0.913 bits per heavy atom. The van der Waals surface area contributed by atoms with Crippen molar-refractivity contribution in [2.75, 3.05) is 0 Å². The Labute approximate surface area is 168 Å². The van der Waals surface area contributed by atoms with Gasteiger partial charge in [-0.2, -0.15) is 0 Å². The van der Waals surface area contributed by atoms with E-state index in [-0.39, 0.29) is 0 Å². The number of hydrogen-bond acceptors (Lipinski definition) is 1. The monoisotopic (exact) mass is 560 g/mol. The summed E-state index contributed by atoms with van der Waals surface area (Å²) in [6.07, 6.45) is 0.728. The fraction of sp³-hybridized carbons (Fsp3) is 0.118. The normalized spacial score (nSPS) is 11.0. The van der Waals surface area contributed by atoms with Crippen LogP contribution in [-0.4, -0.2) is 9.97 Å². The summed E-state index contributed by atoms with van der Waals surface area (Å²) in [5, 5.41) is 0. The van der Waals surface area contributed by atoms with Crippen LogP contribution in [0, 0.1) is 6.92 Å². The fourth-order valence-corrected chi connectivity index (χ4v) is 5.21. The lowest BCUT2D eigenvalue weighted by Gasteiger charge is -2.06. The van der Waals surface area contributed by atoms with Crippen molar-refractivity contribution >= 4 is 63.7 Å². The third-order valence-corrected chi connectivity index (χ3v) is 5.90. The van der Waals surface area contributed by atoms with E-state index in [4.69, 9.17) is 4.98 Å². The van der Waals surface area contributed by atoms with Gasteiger partial charge in [0.25, 0.3) is 0 Å². The molecule has 1 aromatic heterocycles. The molecule has 0 saturated carbocycles. The summed E-state index contributed by atoms with van der Waals surface area (Å²) < 4.78 is 4.21. The molecule has 1 heterocycles. The van der Waals surface area contributed by atoms with Crippen molar-refractivity contribution in [2.24, 2.45) is 0 Å². The standard InChI is InChI=1S/C17H12Br4N2/c1-9-17(10-2-4-11(18)5-3-10)23-16(22-9)8-13-14(20)6-12(19)7-15(13)21/h2-7H,8H2,1H3,(H,22,23). The molecule has 2 aromatic carbocycles. The van der Waals surface area contributed by atoms with E-state index < -0.39 is 0 Å². The number of aromatic nitrogens is 2. The van der Waals surface area contributed by atoms with Crippen LogP contribution < -0.4 is 0 Å². The van der Waals surface area contributed by atoms with Gasteiger partial charge in [-0.15, -0.1) is 0 Å². The molecule has 0 aliphatic carbocycles. The predicted octanol–water partition coefficient (Wildman–Crippen LogP) is 7.03. The first kappa shape index (κ1) is 17.4. The van der Waals surface area contributed by atoms with E-state index >= 15 is 0 Å². The molecular formula is C17H12Br4N2. The van der Waals surface area contributed by atoms with Crippen LogP contribution in [0.4, 0.5) is 0 Å². The van der Waals surface area contributed by atoms with Gasteiger partial charge in [-0.1, -0.05) is 75.9 Å². The van der Waals surface area contributed by atoms with E-state index in [1.165, 1.54) is 5.56 Å². The van der Waals surface area contributed by atoms with Gasteiger partial charge in [-0.05, 0) is 36.8 Å². The minimum Gasteiger partial charge on any atom is -0.345 e. The molecule has 0 radical (unpaired) electrons. The van der Waals surface area contributed by atoms with Gasteiger partial charge in [0.15, 0.2) is 0 Å². The van der Waals surface area contributed by atoms with Crippen molar-refractivity contribution < 1.29 is 0 Å². The molecule has 0 atom stereocenters. The van der Waals surface area contributed by atoms with Crippen molar-refractivity contribution in [3.05, 3.63) is 71.4 Å². The molecular weight excluding hydrogens is 552 g/mol. The Kier molecular flexibility index (Phi) is 5.46. The Bertz CT molecular complexity index is 831. The van der Waals surface area contributed by atoms with Crippen LogP contribution in [0.1, 0.15) is 17.1 Å². The van der Waals surface area contributed by atoms with Gasteiger partial charge in [0.05, 0.1) is 5.69 Å². The van der Waals surface area contributed by atoms with Gasteiger partial charge in [0, 0.05) is 35.6 Å². The number of nitrogens with one attached hydrogen (secondary N) is 1. The minimum atomic E-state index is 0.728. The van der Waals surface area contributed by atoms with Crippen LogP contribution in [0.5, 0.6) is 0 Å². The maximum atomic E-state index is 4.79. The number of hydrogen-bond donors (Lipinski definition) is 1. The zero-order valence-electron chi connectivity index (χ0n) is 12.1. The number of aromatic amines is 1. The molecule has 3 aromatic rings. The van der Waals surface area contributed by atoms with Crippen LogP contribution in [0.25, 0.3) is 11.3 Å². The first-order valence-corrected chi connectivity index (χ1v) is 10.1. The highest BCUT2D eigenvalue weighted by Crippen LogP contribution is 2.32. The van der Waals surface area contributed by atoms with Gasteiger partial charge >= 0.3 is 0 Å². The summed E-state index contributed by atoms with van der Waals surface area (Å²) in [4.78, 5) is 8.18. The molecule has 6 heteroatoms. The molecule has 2 nitrogen and oxygen atoms in total. The van der Waals surface area contributed by atoms with Gasteiger partial charge in [-0.3, -0.25) is 0 Å². The fourth-order valence-electron chi connectivity index (χ4n) is 2.40. The Morgan fingerprint density at radius 3 is 2.13 bits per heavy atom. The zero-order valence-corrected chi connectivity index (χ0v) is 18.5. The lowest BCUT2D eigenvalue weighted by atomic mass is 10.1. The summed E-state index contributed by atoms with van der Waals surface area (Å²) in [5.41, 5.74) is 4.36. The van der Waals surface area contributed by atoms with Crippen LogP contribution >= 0.6 is 63.7 Å². The summed E-state index contributed by atoms with van der Waals surface area (Å²) in [6.45, 7) is 2.06. The van der Waals surface area contributed by atoms with Crippen LogP contribution in [0.3, 0.4) is 0 Å². The summed E-state index contributed by atoms with van der Waals surface area (Å²) in [7, 11) is 0. The minimum absolute atomic E-state index is 0.728. The average Bonchev–Trinajstić information content (AvgIpc) is 2.84. The van der Waals surface area contributed by atoms with Gasteiger partial charge in [0.1, 0.15) is 5.82 Å². The molecule has 0 aliphatic rings. The van der Waals surface area contributed by atoms with Crippen LogP contribution in [-0.2, 0) is 6.42 Å². The van der Waals surface area contributed by atoms with Crippen molar-refractivity contribution in [1.82, 2.24) is 9.97 Å². The van der Waals surface area contributed by atoms with E-state index in [2.05, 4.69) is 87.8 Å². The van der Waals surface area contributed by atoms with Gasteiger partial charge < -0.3 is 4.98 Å². The highest BCUT2D eigenvalue weighted by atomic mass is 79.9. The lowest BCUT2D eigenvalue weighted by Crippen LogP contribution is -1.94. The Hall–Kier alpha value is -0.430. The van der Waals surface area contributed by atoms with E-state index in [1.54, 1.807) is 0 Å². The third-order valence-electron chi connectivity index (χ3n) is 3.50. The molecule has 0 aliphatic heterocycles. The predicted molar refractivity (Wildman–Crippen MR) is 109 cm³/mol. The molecule has 0 bridgehead atoms. The van der Waals surface area contributed by atoms with E-state index in [1.807, 2.05) is 24.3 Å². The lowest BCUT2D eigenvalue weighted by molar-refractivity contribution is 1.01. The number of H-pyrrole nitrogens is 1. The van der Waals surface area contributed by atoms with Crippen LogP contribution in [0.15, 0.2) is 54.3 Å². The molecule has 1 N–H and O–H groups in total. The van der Waals surface area contributed by atoms with Gasteiger partial charge in [0.2, 0.25) is 0 Å². The van der Waals surface area contributed by atoms with E-state index in [0.29, 0.717) is 0 Å². The largest absolute Gasteiger partial charge is 0.345 e. The quantitative estimate of drug-likeness (QED) is 0.364. The number of nitrogens with zero attached hydrogens (tertiary/aromatic N) is 1. The molecule has 0 spiro atoms. The maximum absolute atomic E-state index is 4.79. The van der Waals surface area contributed by atoms with Crippen LogP contribution in [0.2, 0.25) is 0 Å². The van der Waals surface area contributed by atoms with Crippen molar-refractivity contribution in [3.8, 4) is 11.3 Å². The molecule has 0 unspecified atom stereocenters. The van der Waals surface area contributed by atoms with Crippen molar-refractivity contribution in [1.29, 1.82) is 0 Å². The van der Waals surface area contributed by atoms with Crippen molar-refractivity contribution in [3.63, 3.8) is 0 Å². The third kappa shape index (κ3) is 3.98. The second kappa shape index (κ2) is 7.21. The summed E-state index contributed by atoms with van der Waals surface area (Å²) in [5.74, 6) is 0.948. The number of rotatable bonds is 3. The topological polar surface area (TPSA) is 28.7 Å². The van der Waals surface area contributed by atoms with Crippen molar-refractivity contribution in [2.45, 2.75) is 13.3 Å². The van der Waals surface area contributed by atoms with E-state index in [0.717, 1.165) is 47.1 Å². The molecule has 23 heavy (non-hydrogen) atoms. The Morgan fingerprint density at radius 2 is 1.52 bits per heavy atom. The number of aryl methyl sites for hydroxylation is 1. The van der Waals surface area contributed by atoms with Gasteiger partial charge in [-0.25, -0.2) is 4.98 Å². The summed E-state index contributed by atoms with van der Waals surface area (Å²) in [6, 6.07) is 12.3.